The molecule has 0 aromatic rings. The number of carboxylic acid groups (broad SMARTS) is 1. The largest absolute Gasteiger partial charge is 0.481 e. The number of aliphatic carboxylic acids is 1. The number of likely N-dealkylation sites (N-methyl/N-ethyl adjacent to an activating group) is 1. The first-order valence-electron chi connectivity index (χ1n) is 5.40. The molecular weight excluding hydrogens is 196 g/mol. The van der Waals surface area contributed by atoms with Crippen molar-refractivity contribution in [2.75, 3.05) is 39.9 Å². The van der Waals surface area contributed by atoms with Crippen molar-refractivity contribution in [1.82, 2.24) is 9.80 Å². The van der Waals surface area contributed by atoms with E-state index in [1.807, 2.05) is 7.05 Å². The summed E-state index contributed by atoms with van der Waals surface area (Å²) in [6, 6.07) is 0.673. The van der Waals surface area contributed by atoms with Gasteiger partial charge in [0.2, 0.25) is 0 Å². The van der Waals surface area contributed by atoms with Gasteiger partial charge in [0.25, 0.3) is 0 Å². The number of carbonyl (C=O) groups is 1. The van der Waals surface area contributed by atoms with Crippen molar-refractivity contribution in [3.63, 3.8) is 0 Å². The minimum absolute atomic E-state index is 0.150. The summed E-state index contributed by atoms with van der Waals surface area (Å²) in [5.74, 6) is -0.710. The van der Waals surface area contributed by atoms with Crippen LogP contribution in [0.2, 0.25) is 0 Å². The molecule has 2 rings (SSSR count). The standard InChI is InChI=1S/C10H18N2O3/c1-11-2-3-12(9-6-15-7-9)5-8(11)4-10(13)14/h8-9H,2-7H2,1H3,(H,13,14). The summed E-state index contributed by atoms with van der Waals surface area (Å²) >= 11 is 0. The van der Waals surface area contributed by atoms with Crippen molar-refractivity contribution in [3.8, 4) is 0 Å². The maximum Gasteiger partial charge on any atom is 0.304 e. The van der Waals surface area contributed by atoms with Gasteiger partial charge < -0.3 is 14.7 Å². The molecule has 1 atom stereocenters. The number of piperazine rings is 1. The molecule has 0 aliphatic carbocycles. The van der Waals surface area contributed by atoms with E-state index in [9.17, 15) is 4.79 Å². The van der Waals surface area contributed by atoms with Crippen LogP contribution in [-0.2, 0) is 9.53 Å². The lowest BCUT2D eigenvalue weighted by molar-refractivity contribution is -0.139. The van der Waals surface area contributed by atoms with Gasteiger partial charge in [0.1, 0.15) is 0 Å². The summed E-state index contributed by atoms with van der Waals surface area (Å²) in [5.41, 5.74) is 0. The number of hydrogen-bond acceptors (Lipinski definition) is 4. The van der Waals surface area contributed by atoms with Crippen molar-refractivity contribution in [1.29, 1.82) is 0 Å². The fraction of sp³-hybridized carbons (Fsp3) is 0.900. The van der Waals surface area contributed by atoms with Crippen molar-refractivity contribution < 1.29 is 14.6 Å². The molecule has 2 heterocycles. The van der Waals surface area contributed by atoms with Gasteiger partial charge in [0.15, 0.2) is 0 Å². The van der Waals surface area contributed by atoms with Crippen LogP contribution in [0, 0.1) is 0 Å². The third-order valence-corrected chi connectivity index (χ3v) is 3.36. The van der Waals surface area contributed by atoms with E-state index in [-0.39, 0.29) is 12.5 Å². The highest BCUT2D eigenvalue weighted by Crippen LogP contribution is 2.17. The van der Waals surface area contributed by atoms with Gasteiger partial charge in [-0.2, -0.15) is 0 Å². The molecule has 0 spiro atoms. The van der Waals surface area contributed by atoms with Crippen LogP contribution in [0.25, 0.3) is 0 Å². The molecule has 86 valence electrons. The number of hydrogen-bond donors (Lipinski definition) is 1. The normalized spacial score (nSPS) is 30.1. The fourth-order valence-electron chi connectivity index (χ4n) is 2.16. The molecule has 1 unspecified atom stereocenters. The average molecular weight is 214 g/mol. The molecule has 0 saturated carbocycles. The van der Waals surface area contributed by atoms with Crippen molar-refractivity contribution in [3.05, 3.63) is 0 Å². The van der Waals surface area contributed by atoms with E-state index in [1.165, 1.54) is 0 Å². The highest BCUT2D eigenvalue weighted by molar-refractivity contribution is 5.67. The van der Waals surface area contributed by atoms with Crippen molar-refractivity contribution in [2.45, 2.75) is 18.5 Å². The first-order valence-corrected chi connectivity index (χ1v) is 5.40. The molecule has 2 aliphatic heterocycles. The minimum Gasteiger partial charge on any atom is -0.481 e. The number of rotatable bonds is 3. The average Bonchev–Trinajstić information content (AvgIpc) is 2.07. The number of carboxylic acids is 1. The topological polar surface area (TPSA) is 53.0 Å². The monoisotopic (exact) mass is 214 g/mol. The summed E-state index contributed by atoms with van der Waals surface area (Å²) in [6.45, 7) is 4.46. The molecule has 0 amide bonds. The maximum atomic E-state index is 10.7. The third-order valence-electron chi connectivity index (χ3n) is 3.36. The zero-order valence-corrected chi connectivity index (χ0v) is 9.06. The van der Waals surface area contributed by atoms with E-state index in [0.717, 1.165) is 32.8 Å². The molecule has 1 N–H and O–H groups in total. The predicted octanol–water partition coefficient (Wildman–Crippen LogP) is -0.524. The zero-order chi connectivity index (χ0) is 10.8. The van der Waals surface area contributed by atoms with Gasteiger partial charge in [-0.05, 0) is 7.05 Å². The Morgan fingerprint density at radius 1 is 1.47 bits per heavy atom. The molecule has 0 bridgehead atoms. The van der Waals surface area contributed by atoms with Gasteiger partial charge >= 0.3 is 5.97 Å². The fourth-order valence-corrected chi connectivity index (χ4v) is 2.16. The highest BCUT2D eigenvalue weighted by atomic mass is 16.5. The Hall–Kier alpha value is -0.650. The van der Waals surface area contributed by atoms with Gasteiger partial charge in [-0.3, -0.25) is 9.69 Å². The summed E-state index contributed by atoms with van der Waals surface area (Å²) in [4.78, 5) is 15.2. The second-order valence-corrected chi connectivity index (χ2v) is 4.42. The summed E-state index contributed by atoms with van der Waals surface area (Å²) < 4.78 is 5.16. The molecular formula is C10H18N2O3. The van der Waals surface area contributed by atoms with Gasteiger partial charge in [0.05, 0.1) is 25.7 Å². The first-order chi connectivity index (χ1) is 7.16. The van der Waals surface area contributed by atoms with Crippen LogP contribution in [0.1, 0.15) is 6.42 Å². The third kappa shape index (κ3) is 2.48. The molecule has 2 fully saturated rings. The maximum absolute atomic E-state index is 10.7. The van der Waals surface area contributed by atoms with Crippen molar-refractivity contribution >= 4 is 5.97 Å². The van der Waals surface area contributed by atoms with E-state index in [2.05, 4.69) is 9.80 Å². The summed E-state index contributed by atoms with van der Waals surface area (Å²) in [6.07, 6.45) is 0.237. The second-order valence-electron chi connectivity index (χ2n) is 4.42. The highest BCUT2D eigenvalue weighted by Gasteiger charge is 2.33. The van der Waals surface area contributed by atoms with Crippen LogP contribution in [0.5, 0.6) is 0 Å². The van der Waals surface area contributed by atoms with Gasteiger partial charge in [0, 0.05) is 25.7 Å². The minimum atomic E-state index is -0.710. The smallest absolute Gasteiger partial charge is 0.304 e. The van der Waals surface area contributed by atoms with Gasteiger partial charge in [-0.15, -0.1) is 0 Å². The van der Waals surface area contributed by atoms with Crippen LogP contribution < -0.4 is 0 Å². The van der Waals surface area contributed by atoms with Crippen LogP contribution in [0.4, 0.5) is 0 Å². The number of nitrogens with zero attached hydrogens (tertiary/aromatic N) is 2. The van der Waals surface area contributed by atoms with Crippen LogP contribution >= 0.6 is 0 Å². The van der Waals surface area contributed by atoms with E-state index in [1.54, 1.807) is 0 Å². The molecule has 0 radical (unpaired) electrons. The Balaban J connectivity index is 1.88. The Kier molecular flexibility index (Phi) is 3.23. The van der Waals surface area contributed by atoms with E-state index in [4.69, 9.17) is 9.84 Å². The molecule has 0 aromatic carbocycles. The Morgan fingerprint density at radius 3 is 2.73 bits per heavy atom. The van der Waals surface area contributed by atoms with Gasteiger partial charge in [-0.25, -0.2) is 0 Å². The summed E-state index contributed by atoms with van der Waals surface area (Å²) in [5, 5.41) is 8.81. The van der Waals surface area contributed by atoms with E-state index < -0.39 is 5.97 Å². The van der Waals surface area contributed by atoms with Crippen LogP contribution in [0.15, 0.2) is 0 Å². The number of ether oxygens (including phenoxy) is 1. The molecule has 2 aliphatic rings. The van der Waals surface area contributed by atoms with Crippen LogP contribution in [0.3, 0.4) is 0 Å². The Bertz CT molecular complexity index is 243. The SMILES string of the molecule is CN1CCN(C2COC2)CC1CC(=O)O. The Morgan fingerprint density at radius 2 is 2.20 bits per heavy atom. The molecule has 5 nitrogen and oxygen atoms in total. The molecule has 2 saturated heterocycles. The molecule has 5 heteroatoms. The Labute approximate surface area is 89.6 Å². The summed E-state index contributed by atoms with van der Waals surface area (Å²) in [7, 11) is 2.00. The predicted molar refractivity (Wildman–Crippen MR) is 54.9 cm³/mol. The molecule has 15 heavy (non-hydrogen) atoms. The zero-order valence-electron chi connectivity index (χ0n) is 9.06. The quantitative estimate of drug-likeness (QED) is 0.685. The van der Waals surface area contributed by atoms with Crippen molar-refractivity contribution in [2.24, 2.45) is 0 Å². The van der Waals surface area contributed by atoms with Crippen LogP contribution in [-0.4, -0.2) is 72.9 Å². The first kappa shape index (κ1) is 10.9. The van der Waals surface area contributed by atoms with E-state index >= 15 is 0 Å². The lowest BCUT2D eigenvalue weighted by Gasteiger charge is -2.45. The van der Waals surface area contributed by atoms with Gasteiger partial charge in [-0.1, -0.05) is 0 Å². The molecule has 0 aromatic heterocycles. The second kappa shape index (κ2) is 4.47. The van der Waals surface area contributed by atoms with E-state index in [0.29, 0.717) is 6.04 Å². The lowest BCUT2D eigenvalue weighted by atomic mass is 10.1. The lowest BCUT2D eigenvalue weighted by Crippen LogP contribution is -2.59.